The van der Waals surface area contributed by atoms with Crippen molar-refractivity contribution in [3.63, 3.8) is 0 Å². The fourth-order valence-corrected chi connectivity index (χ4v) is 5.53. The molecule has 1 aromatic heterocycles. The highest BCUT2D eigenvalue weighted by molar-refractivity contribution is 6.10. The maximum atomic E-state index is 3.65. The van der Waals surface area contributed by atoms with Gasteiger partial charge in [0, 0.05) is 33.4 Å². The van der Waals surface area contributed by atoms with Crippen molar-refractivity contribution in [1.29, 1.82) is 0 Å². The van der Waals surface area contributed by atoms with Crippen LogP contribution in [0.2, 0.25) is 0 Å². The fourth-order valence-electron chi connectivity index (χ4n) is 5.53. The van der Waals surface area contributed by atoms with Gasteiger partial charge in [-0.25, -0.2) is 0 Å². The largest absolute Gasteiger partial charge is 0.355 e. The van der Waals surface area contributed by atoms with Crippen molar-refractivity contribution in [1.82, 2.24) is 4.57 Å². The van der Waals surface area contributed by atoms with Gasteiger partial charge < -0.3 is 9.88 Å². The van der Waals surface area contributed by atoms with Crippen LogP contribution in [0.4, 0.5) is 11.4 Å². The highest BCUT2D eigenvalue weighted by Gasteiger charge is 2.13. The van der Waals surface area contributed by atoms with Gasteiger partial charge in [-0.1, -0.05) is 96.6 Å². The Kier molecular flexibility index (Phi) is 5.71. The quantitative estimate of drug-likeness (QED) is 0.249. The highest BCUT2D eigenvalue weighted by Crippen LogP contribution is 2.36. The van der Waals surface area contributed by atoms with Crippen LogP contribution in [0.1, 0.15) is 5.56 Å². The van der Waals surface area contributed by atoms with Crippen molar-refractivity contribution in [3.05, 3.63) is 151 Å². The average molecular weight is 501 g/mol. The zero-order chi connectivity index (χ0) is 26.2. The molecule has 39 heavy (non-hydrogen) atoms. The summed E-state index contributed by atoms with van der Waals surface area (Å²) < 4.78 is 2.35. The molecule has 0 aliphatic rings. The van der Waals surface area contributed by atoms with Crippen LogP contribution in [0.5, 0.6) is 0 Å². The maximum Gasteiger partial charge on any atom is 0.0541 e. The van der Waals surface area contributed by atoms with Crippen LogP contribution < -0.4 is 5.32 Å². The van der Waals surface area contributed by atoms with Crippen molar-refractivity contribution >= 4 is 33.2 Å². The van der Waals surface area contributed by atoms with E-state index < -0.39 is 0 Å². The summed E-state index contributed by atoms with van der Waals surface area (Å²) in [4.78, 5) is 0. The first-order valence-electron chi connectivity index (χ1n) is 13.4. The summed E-state index contributed by atoms with van der Waals surface area (Å²) >= 11 is 0. The van der Waals surface area contributed by atoms with Crippen molar-refractivity contribution in [2.45, 2.75) is 6.92 Å². The molecule has 0 bridgehead atoms. The van der Waals surface area contributed by atoms with Gasteiger partial charge in [0.2, 0.25) is 0 Å². The molecular weight excluding hydrogens is 472 g/mol. The first kappa shape index (κ1) is 23.1. The summed E-state index contributed by atoms with van der Waals surface area (Å²) in [5, 5.41) is 6.18. The molecule has 0 radical (unpaired) electrons. The van der Waals surface area contributed by atoms with Gasteiger partial charge in [-0.2, -0.15) is 0 Å². The van der Waals surface area contributed by atoms with Crippen LogP contribution in [0.25, 0.3) is 49.7 Å². The number of anilines is 2. The van der Waals surface area contributed by atoms with Crippen LogP contribution in [0, 0.1) is 6.92 Å². The molecule has 0 unspecified atom stereocenters. The highest BCUT2D eigenvalue weighted by atomic mass is 15.0. The summed E-state index contributed by atoms with van der Waals surface area (Å²) in [5.74, 6) is 0. The van der Waals surface area contributed by atoms with E-state index in [0.29, 0.717) is 0 Å². The van der Waals surface area contributed by atoms with E-state index in [4.69, 9.17) is 0 Å². The van der Waals surface area contributed by atoms with Gasteiger partial charge in [0.1, 0.15) is 0 Å². The van der Waals surface area contributed by atoms with Gasteiger partial charge in [-0.15, -0.1) is 0 Å². The molecular formula is C37H28N2. The molecule has 1 heterocycles. The molecule has 0 atom stereocenters. The minimum absolute atomic E-state index is 1.07. The molecule has 1 N–H and O–H groups in total. The van der Waals surface area contributed by atoms with Crippen LogP contribution in [0.3, 0.4) is 0 Å². The number of fused-ring (bicyclic) bond motifs is 3. The summed E-state index contributed by atoms with van der Waals surface area (Å²) in [6.45, 7) is 2.14. The lowest BCUT2D eigenvalue weighted by Crippen LogP contribution is -1.94. The number of aromatic nitrogens is 1. The maximum absolute atomic E-state index is 3.65. The molecule has 0 amide bonds. The lowest BCUT2D eigenvalue weighted by molar-refractivity contribution is 1.18. The number of aryl methyl sites for hydroxylation is 1. The van der Waals surface area contributed by atoms with Gasteiger partial charge in [0.25, 0.3) is 0 Å². The Morgan fingerprint density at radius 3 is 1.95 bits per heavy atom. The van der Waals surface area contributed by atoms with Crippen molar-refractivity contribution in [2.75, 3.05) is 5.32 Å². The first-order valence-corrected chi connectivity index (χ1v) is 13.4. The summed E-state index contributed by atoms with van der Waals surface area (Å²) in [5.41, 5.74) is 11.9. The monoisotopic (exact) mass is 500 g/mol. The molecule has 186 valence electrons. The van der Waals surface area contributed by atoms with Gasteiger partial charge >= 0.3 is 0 Å². The molecule has 7 rings (SSSR count). The van der Waals surface area contributed by atoms with E-state index in [1.807, 2.05) is 0 Å². The van der Waals surface area contributed by atoms with E-state index in [-0.39, 0.29) is 0 Å². The lowest BCUT2D eigenvalue weighted by atomic mass is 10.0. The molecule has 0 saturated heterocycles. The van der Waals surface area contributed by atoms with Crippen LogP contribution in [-0.2, 0) is 0 Å². The second-order valence-electron chi connectivity index (χ2n) is 10.0. The molecule has 7 aromatic rings. The number of hydrogen-bond acceptors (Lipinski definition) is 1. The third kappa shape index (κ3) is 4.26. The van der Waals surface area contributed by atoms with Crippen molar-refractivity contribution < 1.29 is 0 Å². The normalized spacial score (nSPS) is 11.2. The number of para-hydroxylation sites is 2. The zero-order valence-corrected chi connectivity index (χ0v) is 21.8. The Balaban J connectivity index is 1.24. The second kappa shape index (κ2) is 9.66. The summed E-state index contributed by atoms with van der Waals surface area (Å²) in [7, 11) is 0. The summed E-state index contributed by atoms with van der Waals surface area (Å²) in [6, 6.07) is 51.9. The van der Waals surface area contributed by atoms with Crippen molar-refractivity contribution in [2.24, 2.45) is 0 Å². The summed E-state index contributed by atoms with van der Waals surface area (Å²) in [6.07, 6.45) is 0. The zero-order valence-electron chi connectivity index (χ0n) is 21.8. The third-order valence-corrected chi connectivity index (χ3v) is 7.44. The molecule has 6 aromatic carbocycles. The van der Waals surface area contributed by atoms with Gasteiger partial charge in [0.05, 0.1) is 11.0 Å². The lowest BCUT2D eigenvalue weighted by Gasteiger charge is -2.14. The molecule has 2 nitrogen and oxygen atoms in total. The van der Waals surface area contributed by atoms with E-state index in [2.05, 4.69) is 162 Å². The Morgan fingerprint density at radius 1 is 0.487 bits per heavy atom. The molecule has 0 fully saturated rings. The number of rotatable bonds is 5. The predicted octanol–water partition coefficient (Wildman–Crippen LogP) is 10.2. The van der Waals surface area contributed by atoms with E-state index in [0.717, 1.165) is 11.4 Å². The minimum atomic E-state index is 1.07. The van der Waals surface area contributed by atoms with Crippen LogP contribution in [0.15, 0.2) is 146 Å². The fraction of sp³-hybridized carbons (Fsp3) is 0.0270. The Hall–Kier alpha value is -5.08. The third-order valence-electron chi connectivity index (χ3n) is 7.44. The molecule has 0 aliphatic carbocycles. The number of nitrogens with one attached hydrogen (secondary N) is 1. The minimum Gasteiger partial charge on any atom is -0.355 e. The van der Waals surface area contributed by atoms with Gasteiger partial charge in [0.15, 0.2) is 0 Å². The number of benzene rings is 6. The topological polar surface area (TPSA) is 17.0 Å². The van der Waals surface area contributed by atoms with E-state index in [1.54, 1.807) is 0 Å². The molecule has 2 heteroatoms. The predicted molar refractivity (Wildman–Crippen MR) is 166 cm³/mol. The Labute approximate surface area is 228 Å². The molecule has 0 aliphatic heterocycles. The van der Waals surface area contributed by atoms with Gasteiger partial charge in [-0.3, -0.25) is 0 Å². The van der Waals surface area contributed by atoms with E-state index >= 15 is 0 Å². The van der Waals surface area contributed by atoms with Gasteiger partial charge in [-0.05, 0) is 78.2 Å². The SMILES string of the molecule is Cc1ccc(Nc2ccc(-c3ccc4c(c3)c3ccccc3n4-c3ccccc3)cc2)c(-c2ccccc2)c1. The average Bonchev–Trinajstić information content (AvgIpc) is 3.33. The second-order valence-corrected chi connectivity index (χ2v) is 10.0. The molecule has 0 spiro atoms. The van der Waals surface area contributed by atoms with Crippen LogP contribution >= 0.6 is 0 Å². The van der Waals surface area contributed by atoms with E-state index in [9.17, 15) is 0 Å². The molecule has 0 saturated carbocycles. The number of hydrogen-bond donors (Lipinski definition) is 1. The van der Waals surface area contributed by atoms with Crippen molar-refractivity contribution in [3.8, 4) is 27.9 Å². The first-order chi connectivity index (χ1) is 19.2. The number of nitrogens with zero attached hydrogens (tertiary/aromatic N) is 1. The van der Waals surface area contributed by atoms with Crippen LogP contribution in [-0.4, -0.2) is 4.57 Å². The van der Waals surface area contributed by atoms with E-state index in [1.165, 1.54) is 55.3 Å². The standard InChI is InChI=1S/C37H28N2/c1-26-16-22-35(33(24-26)28-10-4-2-5-11-28)38-30-20-17-27(18-21-30)29-19-23-37-34(25-29)32-14-8-9-15-36(32)39(37)31-12-6-3-7-13-31/h2-25,38H,1H3. The Bertz CT molecular complexity index is 1910. The smallest absolute Gasteiger partial charge is 0.0541 e. The Morgan fingerprint density at radius 2 is 1.15 bits per heavy atom.